The van der Waals surface area contributed by atoms with E-state index < -0.39 is 15.4 Å². The second kappa shape index (κ2) is 6.08. The maximum absolute atomic E-state index is 11.0. The lowest BCUT2D eigenvalue weighted by Crippen LogP contribution is -2.45. The monoisotopic (exact) mass is 255 g/mol. The van der Waals surface area contributed by atoms with E-state index in [9.17, 15) is 13.5 Å². The summed E-state index contributed by atoms with van der Waals surface area (Å²) in [5.41, 5.74) is -0.787. The quantitative estimate of drug-likeness (QED) is 0.676. The van der Waals surface area contributed by atoms with Gasteiger partial charge in [-0.3, -0.25) is 0 Å². The summed E-state index contributed by atoms with van der Waals surface area (Å²) >= 11 is 1.57. The molecular formula is C9H21NO3S2. The number of hydrogen-bond donors (Lipinski definition) is 2. The normalized spacial score (nSPS) is 18.5. The van der Waals surface area contributed by atoms with E-state index in [1.165, 1.54) is 6.26 Å². The minimum absolute atomic E-state index is 0.0996. The Bertz CT molecular complexity index is 275. The first kappa shape index (κ1) is 15.2. The van der Waals surface area contributed by atoms with Crippen LogP contribution in [0.1, 0.15) is 13.8 Å². The van der Waals surface area contributed by atoms with Gasteiger partial charge < -0.3 is 10.4 Å². The van der Waals surface area contributed by atoms with E-state index in [-0.39, 0.29) is 11.8 Å². The molecular weight excluding hydrogens is 234 g/mol. The molecule has 0 spiro atoms. The third-order valence-corrected chi connectivity index (χ3v) is 3.86. The van der Waals surface area contributed by atoms with E-state index in [1.807, 2.05) is 6.26 Å². The molecule has 0 radical (unpaired) electrons. The highest BCUT2D eigenvalue weighted by Crippen LogP contribution is 2.09. The van der Waals surface area contributed by atoms with Crippen molar-refractivity contribution in [1.82, 2.24) is 5.32 Å². The molecule has 6 heteroatoms. The highest BCUT2D eigenvalue weighted by molar-refractivity contribution is 7.98. The zero-order chi connectivity index (χ0) is 12.1. The molecule has 15 heavy (non-hydrogen) atoms. The van der Waals surface area contributed by atoms with Gasteiger partial charge in [-0.25, -0.2) is 8.42 Å². The summed E-state index contributed by atoms with van der Waals surface area (Å²) < 4.78 is 22.0. The van der Waals surface area contributed by atoms with Crippen LogP contribution in [0.25, 0.3) is 0 Å². The summed E-state index contributed by atoms with van der Waals surface area (Å²) in [5, 5.41) is 12.9. The second-order valence-corrected chi connectivity index (χ2v) is 7.36. The van der Waals surface area contributed by atoms with E-state index in [2.05, 4.69) is 5.32 Å². The largest absolute Gasteiger partial charge is 0.388 e. The molecule has 0 heterocycles. The number of sulfone groups is 1. The van der Waals surface area contributed by atoms with E-state index >= 15 is 0 Å². The van der Waals surface area contributed by atoms with Gasteiger partial charge in [-0.1, -0.05) is 0 Å². The van der Waals surface area contributed by atoms with Crippen LogP contribution < -0.4 is 5.32 Å². The molecule has 0 aliphatic rings. The fourth-order valence-corrected chi connectivity index (χ4v) is 3.02. The molecule has 2 atom stereocenters. The zero-order valence-corrected chi connectivity index (χ0v) is 11.4. The summed E-state index contributed by atoms with van der Waals surface area (Å²) in [6.07, 6.45) is 3.14. The maximum Gasteiger partial charge on any atom is 0.148 e. The average molecular weight is 255 g/mol. The number of aliphatic hydroxyl groups is 1. The van der Waals surface area contributed by atoms with E-state index in [0.29, 0.717) is 12.3 Å². The van der Waals surface area contributed by atoms with Crippen LogP contribution in [0.2, 0.25) is 0 Å². The third-order valence-electron chi connectivity index (χ3n) is 1.84. The highest BCUT2D eigenvalue weighted by Gasteiger charge is 2.20. The van der Waals surface area contributed by atoms with Crippen LogP contribution in [0.3, 0.4) is 0 Å². The lowest BCUT2D eigenvalue weighted by molar-refractivity contribution is 0.0828. The summed E-state index contributed by atoms with van der Waals surface area (Å²) in [6.45, 7) is 3.95. The molecule has 2 N–H and O–H groups in total. The minimum Gasteiger partial charge on any atom is -0.388 e. The number of hydrogen-bond acceptors (Lipinski definition) is 5. The molecule has 4 nitrogen and oxygen atoms in total. The van der Waals surface area contributed by atoms with Crippen molar-refractivity contribution in [3.63, 3.8) is 0 Å². The van der Waals surface area contributed by atoms with Crippen LogP contribution in [0, 0.1) is 0 Å². The molecule has 0 aromatic heterocycles. The Hall–Kier alpha value is 0.220. The van der Waals surface area contributed by atoms with Gasteiger partial charge >= 0.3 is 0 Å². The molecule has 0 aromatic carbocycles. The molecule has 0 saturated carbocycles. The van der Waals surface area contributed by atoms with Crippen molar-refractivity contribution in [2.24, 2.45) is 0 Å². The van der Waals surface area contributed by atoms with Crippen LogP contribution in [-0.2, 0) is 9.84 Å². The molecule has 92 valence electrons. The van der Waals surface area contributed by atoms with Crippen LogP contribution >= 0.6 is 11.8 Å². The number of rotatable bonds is 7. The number of nitrogens with one attached hydrogen (secondary N) is 1. The Morgan fingerprint density at radius 1 is 1.53 bits per heavy atom. The lowest BCUT2D eigenvalue weighted by Gasteiger charge is -2.24. The molecule has 0 saturated heterocycles. The standard InChI is InChI=1S/C9H21NO3S2/c1-8(5-15(4,12)13)10-6-9(2,11)7-14-3/h8,10-11H,5-7H2,1-4H3. The smallest absolute Gasteiger partial charge is 0.148 e. The third kappa shape index (κ3) is 9.17. The fraction of sp³-hybridized carbons (Fsp3) is 1.00. The molecule has 0 aromatic rings. The van der Waals surface area contributed by atoms with Gasteiger partial charge in [-0.15, -0.1) is 0 Å². The topological polar surface area (TPSA) is 66.4 Å². The molecule has 0 rings (SSSR count). The Morgan fingerprint density at radius 2 is 2.07 bits per heavy atom. The van der Waals surface area contributed by atoms with Crippen LogP contribution in [0.15, 0.2) is 0 Å². The molecule has 0 bridgehead atoms. The van der Waals surface area contributed by atoms with Gasteiger partial charge in [0.15, 0.2) is 0 Å². The summed E-state index contributed by atoms with van der Waals surface area (Å²) in [4.78, 5) is 0. The van der Waals surface area contributed by atoms with Crippen LogP contribution in [-0.4, -0.2) is 55.7 Å². The van der Waals surface area contributed by atoms with E-state index in [1.54, 1.807) is 25.6 Å². The Balaban J connectivity index is 3.95. The van der Waals surface area contributed by atoms with Crippen molar-refractivity contribution < 1.29 is 13.5 Å². The summed E-state index contributed by atoms with van der Waals surface area (Å²) in [5.74, 6) is 0.730. The van der Waals surface area contributed by atoms with Crippen molar-refractivity contribution in [3.8, 4) is 0 Å². The van der Waals surface area contributed by atoms with Gasteiger partial charge in [0.05, 0.1) is 11.4 Å². The lowest BCUT2D eigenvalue weighted by atomic mass is 10.1. The maximum atomic E-state index is 11.0. The van der Waals surface area contributed by atoms with Crippen molar-refractivity contribution >= 4 is 21.6 Å². The molecule has 0 aliphatic carbocycles. The van der Waals surface area contributed by atoms with Crippen LogP contribution in [0.5, 0.6) is 0 Å². The SMILES string of the molecule is CSCC(C)(O)CNC(C)CS(C)(=O)=O. The first-order valence-corrected chi connectivity index (χ1v) is 8.24. The van der Waals surface area contributed by atoms with Gasteiger partial charge in [-0.05, 0) is 20.1 Å². The number of thioether (sulfide) groups is 1. The predicted molar refractivity (Wildman–Crippen MR) is 66.2 cm³/mol. The van der Waals surface area contributed by atoms with Crippen molar-refractivity contribution in [3.05, 3.63) is 0 Å². The average Bonchev–Trinajstić information content (AvgIpc) is 1.98. The van der Waals surface area contributed by atoms with Crippen molar-refractivity contribution in [2.45, 2.75) is 25.5 Å². The molecule has 2 unspecified atom stereocenters. The summed E-state index contributed by atoms with van der Waals surface area (Å²) in [6, 6.07) is -0.131. The van der Waals surface area contributed by atoms with Crippen molar-refractivity contribution in [2.75, 3.05) is 30.6 Å². The van der Waals surface area contributed by atoms with Gasteiger partial charge in [0.25, 0.3) is 0 Å². The highest BCUT2D eigenvalue weighted by atomic mass is 32.2. The van der Waals surface area contributed by atoms with Gasteiger partial charge in [-0.2, -0.15) is 11.8 Å². The van der Waals surface area contributed by atoms with Crippen molar-refractivity contribution in [1.29, 1.82) is 0 Å². The minimum atomic E-state index is -2.95. The molecule has 0 aliphatic heterocycles. The first-order chi connectivity index (χ1) is 6.66. The Kier molecular flexibility index (Phi) is 6.17. The van der Waals surface area contributed by atoms with Crippen LogP contribution in [0.4, 0.5) is 0 Å². The fourth-order valence-electron chi connectivity index (χ4n) is 1.27. The van der Waals surface area contributed by atoms with Gasteiger partial charge in [0.1, 0.15) is 9.84 Å². The Labute approximate surface area is 96.8 Å². The van der Waals surface area contributed by atoms with E-state index in [4.69, 9.17) is 0 Å². The first-order valence-electron chi connectivity index (χ1n) is 4.79. The van der Waals surface area contributed by atoms with Gasteiger partial charge in [0, 0.05) is 24.6 Å². The zero-order valence-electron chi connectivity index (χ0n) is 9.78. The molecule has 0 amide bonds. The predicted octanol–water partition coefficient (Wildman–Crippen LogP) is 0.123. The van der Waals surface area contributed by atoms with Gasteiger partial charge in [0.2, 0.25) is 0 Å². The second-order valence-electron chi connectivity index (χ2n) is 4.30. The Morgan fingerprint density at radius 3 is 2.47 bits per heavy atom. The van der Waals surface area contributed by atoms with E-state index in [0.717, 1.165) is 0 Å². The summed E-state index contributed by atoms with van der Waals surface area (Å²) in [7, 11) is -2.95. The molecule has 0 fully saturated rings.